The predicted octanol–water partition coefficient (Wildman–Crippen LogP) is 2.27. The first-order chi connectivity index (χ1) is 10.3. The highest BCUT2D eigenvalue weighted by atomic mass is 19.4. The second-order valence-corrected chi connectivity index (χ2v) is 4.85. The summed E-state index contributed by atoms with van der Waals surface area (Å²) in [4.78, 5) is 0. The lowest BCUT2D eigenvalue weighted by Gasteiger charge is -2.17. The van der Waals surface area contributed by atoms with Crippen LogP contribution < -0.4 is 10.2 Å². The maximum absolute atomic E-state index is 12.9. The highest BCUT2D eigenvalue weighted by molar-refractivity contribution is 6.60. The lowest BCUT2D eigenvalue weighted by atomic mass is 9.76. The number of hydrogen-bond donors (Lipinski definition) is 2. The summed E-state index contributed by atoms with van der Waals surface area (Å²) in [6, 6.07) is 10.5. The Labute approximate surface area is 126 Å². The molecule has 2 N–H and O–H groups in total. The van der Waals surface area contributed by atoms with Gasteiger partial charge < -0.3 is 14.8 Å². The summed E-state index contributed by atoms with van der Waals surface area (Å²) >= 11 is 0. The van der Waals surface area contributed by atoms with Crippen molar-refractivity contribution in [3.63, 3.8) is 0 Å². The van der Waals surface area contributed by atoms with Gasteiger partial charge in [0.05, 0.1) is 5.56 Å². The van der Waals surface area contributed by atoms with Crippen molar-refractivity contribution in [2.24, 2.45) is 0 Å². The van der Waals surface area contributed by atoms with Gasteiger partial charge >= 0.3 is 13.3 Å². The molecule has 2 rings (SSSR count). The van der Waals surface area contributed by atoms with Crippen molar-refractivity contribution in [1.82, 2.24) is 0 Å². The van der Waals surface area contributed by atoms with Crippen LogP contribution in [0, 0.1) is 6.92 Å². The molecule has 0 aromatic heterocycles. The molecule has 2 aromatic rings. The topological polar surface area (TPSA) is 49.7 Å². The smallest absolute Gasteiger partial charge is 0.489 e. The summed E-state index contributed by atoms with van der Waals surface area (Å²) in [6.07, 6.45) is -4.53. The lowest BCUT2D eigenvalue weighted by molar-refractivity contribution is -0.137. The molecule has 0 saturated carbocycles. The van der Waals surface area contributed by atoms with E-state index in [1.165, 1.54) is 6.92 Å². The van der Waals surface area contributed by atoms with Gasteiger partial charge in [0.1, 0.15) is 12.4 Å². The fraction of sp³-hybridized carbons (Fsp3) is 0.200. The molecule has 0 spiro atoms. The van der Waals surface area contributed by atoms with Gasteiger partial charge in [-0.15, -0.1) is 0 Å². The molecule has 0 unspecified atom stereocenters. The highest BCUT2D eigenvalue weighted by Gasteiger charge is 2.33. The molecular weight excluding hydrogens is 296 g/mol. The van der Waals surface area contributed by atoms with Crippen molar-refractivity contribution in [2.75, 3.05) is 0 Å². The van der Waals surface area contributed by atoms with E-state index in [0.717, 1.165) is 17.7 Å². The zero-order valence-corrected chi connectivity index (χ0v) is 11.8. The van der Waals surface area contributed by atoms with E-state index < -0.39 is 18.9 Å². The van der Waals surface area contributed by atoms with Crippen molar-refractivity contribution in [1.29, 1.82) is 0 Å². The second kappa shape index (κ2) is 6.42. The number of alkyl halides is 3. The summed E-state index contributed by atoms with van der Waals surface area (Å²) in [7, 11) is -1.91. The lowest BCUT2D eigenvalue weighted by Crippen LogP contribution is -2.34. The summed E-state index contributed by atoms with van der Waals surface area (Å²) < 4.78 is 44.0. The van der Waals surface area contributed by atoms with Gasteiger partial charge in [-0.2, -0.15) is 13.2 Å². The number of ether oxygens (including phenoxy) is 1. The fourth-order valence-corrected chi connectivity index (χ4v) is 2.12. The molecule has 0 aliphatic heterocycles. The molecule has 0 atom stereocenters. The standard InChI is InChI=1S/C15H14BF3O3/c1-10-7-12(15(17,18)19)8-13(14(10)16(20)21)22-9-11-5-3-2-4-6-11/h2-8,20-21H,9H2,1H3. The van der Waals surface area contributed by atoms with Crippen LogP contribution in [-0.2, 0) is 12.8 Å². The van der Waals surface area contributed by atoms with Crippen molar-refractivity contribution in [2.45, 2.75) is 19.7 Å². The van der Waals surface area contributed by atoms with E-state index in [0.29, 0.717) is 0 Å². The van der Waals surface area contributed by atoms with Crippen LogP contribution in [0.2, 0.25) is 0 Å². The largest absolute Gasteiger partial charge is 0.492 e. The minimum atomic E-state index is -4.53. The molecule has 0 radical (unpaired) electrons. The first kappa shape index (κ1) is 16.4. The molecule has 0 heterocycles. The van der Waals surface area contributed by atoms with Gasteiger partial charge in [0.25, 0.3) is 0 Å². The number of halogens is 3. The molecule has 7 heteroatoms. The minimum Gasteiger partial charge on any atom is -0.489 e. The summed E-state index contributed by atoms with van der Waals surface area (Å²) in [5.41, 5.74) is -0.0924. The Kier molecular flexibility index (Phi) is 4.78. The first-order valence-electron chi connectivity index (χ1n) is 6.53. The van der Waals surface area contributed by atoms with Crippen LogP contribution >= 0.6 is 0 Å². The number of rotatable bonds is 4. The van der Waals surface area contributed by atoms with Gasteiger partial charge in [-0.25, -0.2) is 0 Å². The first-order valence-corrected chi connectivity index (χ1v) is 6.53. The quantitative estimate of drug-likeness (QED) is 0.852. The monoisotopic (exact) mass is 310 g/mol. The molecule has 0 amide bonds. The van der Waals surface area contributed by atoms with Gasteiger partial charge in [-0.3, -0.25) is 0 Å². The maximum atomic E-state index is 12.9. The van der Waals surface area contributed by atoms with Crippen LogP contribution in [0.1, 0.15) is 16.7 Å². The summed E-state index contributed by atoms with van der Waals surface area (Å²) in [5, 5.41) is 18.7. The average molecular weight is 310 g/mol. The van der Waals surface area contributed by atoms with Gasteiger partial charge in [0.15, 0.2) is 0 Å². The van der Waals surface area contributed by atoms with Gasteiger partial charge in [-0.1, -0.05) is 30.3 Å². The molecule has 22 heavy (non-hydrogen) atoms. The Hall–Kier alpha value is -1.99. The minimum absolute atomic E-state index is 0.0291. The Morgan fingerprint density at radius 2 is 1.73 bits per heavy atom. The van der Waals surface area contributed by atoms with Gasteiger partial charge in [-0.05, 0) is 30.2 Å². The van der Waals surface area contributed by atoms with Crippen LogP contribution in [0.5, 0.6) is 5.75 Å². The van der Waals surface area contributed by atoms with E-state index in [1.54, 1.807) is 30.3 Å². The molecule has 0 saturated heterocycles. The third-order valence-corrected chi connectivity index (χ3v) is 3.17. The van der Waals surface area contributed by atoms with Gasteiger partial charge in [0.2, 0.25) is 0 Å². The Morgan fingerprint density at radius 3 is 2.27 bits per heavy atom. The molecule has 0 bridgehead atoms. The number of benzene rings is 2. The van der Waals surface area contributed by atoms with Crippen molar-refractivity contribution >= 4 is 12.6 Å². The Bertz CT molecular complexity index is 642. The Morgan fingerprint density at radius 1 is 1.09 bits per heavy atom. The van der Waals surface area contributed by atoms with E-state index in [1.807, 2.05) is 0 Å². The predicted molar refractivity (Wildman–Crippen MR) is 76.8 cm³/mol. The highest BCUT2D eigenvalue weighted by Crippen LogP contribution is 2.32. The third kappa shape index (κ3) is 3.81. The maximum Gasteiger partial charge on any atom is 0.492 e. The van der Waals surface area contributed by atoms with E-state index in [4.69, 9.17) is 4.74 Å². The van der Waals surface area contributed by atoms with Crippen molar-refractivity contribution in [3.05, 3.63) is 59.2 Å². The van der Waals surface area contributed by atoms with E-state index in [9.17, 15) is 23.2 Å². The zero-order valence-electron chi connectivity index (χ0n) is 11.8. The molecule has 116 valence electrons. The summed E-state index contributed by atoms with van der Waals surface area (Å²) in [5.74, 6) is -0.189. The average Bonchev–Trinajstić information content (AvgIpc) is 2.44. The molecule has 0 fully saturated rings. The van der Waals surface area contributed by atoms with E-state index in [2.05, 4.69) is 0 Å². The molecule has 0 aliphatic carbocycles. The Balaban J connectivity index is 2.36. The number of hydrogen-bond acceptors (Lipinski definition) is 3. The van der Waals surface area contributed by atoms with Crippen LogP contribution in [0.3, 0.4) is 0 Å². The SMILES string of the molecule is Cc1cc(C(F)(F)F)cc(OCc2ccccc2)c1B(O)O. The summed E-state index contributed by atoms with van der Waals surface area (Å²) in [6.45, 7) is 1.40. The number of aryl methyl sites for hydroxylation is 1. The normalized spacial score (nSPS) is 11.4. The van der Waals surface area contributed by atoms with E-state index in [-0.39, 0.29) is 23.4 Å². The zero-order chi connectivity index (χ0) is 16.3. The van der Waals surface area contributed by atoms with Crippen LogP contribution in [0.25, 0.3) is 0 Å². The fourth-order valence-electron chi connectivity index (χ4n) is 2.12. The van der Waals surface area contributed by atoms with Crippen molar-refractivity contribution < 1.29 is 28.0 Å². The van der Waals surface area contributed by atoms with Gasteiger partial charge in [0, 0.05) is 5.46 Å². The van der Waals surface area contributed by atoms with Crippen LogP contribution in [0.4, 0.5) is 13.2 Å². The molecule has 3 nitrogen and oxygen atoms in total. The molecule has 2 aromatic carbocycles. The van der Waals surface area contributed by atoms with Crippen LogP contribution in [0.15, 0.2) is 42.5 Å². The third-order valence-electron chi connectivity index (χ3n) is 3.17. The van der Waals surface area contributed by atoms with E-state index >= 15 is 0 Å². The second-order valence-electron chi connectivity index (χ2n) is 4.85. The van der Waals surface area contributed by atoms with Crippen molar-refractivity contribution in [3.8, 4) is 5.75 Å². The van der Waals surface area contributed by atoms with Crippen LogP contribution in [-0.4, -0.2) is 17.2 Å². The molecular formula is C15H14BF3O3. The molecule has 0 aliphatic rings.